The number of rotatable bonds is 2. The van der Waals surface area contributed by atoms with Crippen LogP contribution in [0.5, 0.6) is 0 Å². The van der Waals surface area contributed by atoms with Gasteiger partial charge in [0.25, 0.3) is 0 Å². The smallest absolute Gasteiger partial charge is 0.136 e. The lowest BCUT2D eigenvalue weighted by Gasteiger charge is -2.26. The Hall–Kier alpha value is -1.48. The third kappa shape index (κ3) is 1.62. The van der Waals surface area contributed by atoms with Crippen molar-refractivity contribution in [1.82, 2.24) is 0 Å². The van der Waals surface area contributed by atoms with Gasteiger partial charge in [0, 0.05) is 35.8 Å². The van der Waals surface area contributed by atoms with E-state index >= 15 is 0 Å². The Morgan fingerprint density at radius 1 is 1.39 bits per heavy atom. The third-order valence-electron chi connectivity index (χ3n) is 4.13. The number of anilines is 1. The van der Waals surface area contributed by atoms with Gasteiger partial charge in [-0.05, 0) is 38.8 Å². The number of fused-ring (bicyclic) bond motifs is 1. The van der Waals surface area contributed by atoms with Crippen molar-refractivity contribution in [1.29, 1.82) is 0 Å². The first-order chi connectivity index (χ1) is 8.72. The van der Waals surface area contributed by atoms with Crippen molar-refractivity contribution in [3.05, 3.63) is 29.5 Å². The van der Waals surface area contributed by atoms with Crippen LogP contribution in [0.15, 0.2) is 22.6 Å². The fourth-order valence-electron chi connectivity index (χ4n) is 3.04. The van der Waals surface area contributed by atoms with Crippen molar-refractivity contribution in [2.24, 2.45) is 5.73 Å². The molecule has 1 fully saturated rings. The van der Waals surface area contributed by atoms with Crippen molar-refractivity contribution in [3.8, 4) is 0 Å². The molecule has 0 bridgehead atoms. The molecule has 18 heavy (non-hydrogen) atoms. The molecule has 0 amide bonds. The zero-order valence-corrected chi connectivity index (χ0v) is 11.1. The second kappa shape index (κ2) is 4.32. The van der Waals surface area contributed by atoms with E-state index in [1.165, 1.54) is 29.5 Å². The lowest BCUT2D eigenvalue weighted by atomic mass is 10.1. The molecule has 3 nitrogen and oxygen atoms in total. The molecule has 0 aliphatic carbocycles. The number of hydrogen-bond acceptors (Lipinski definition) is 3. The lowest BCUT2D eigenvalue weighted by Crippen LogP contribution is -2.35. The van der Waals surface area contributed by atoms with E-state index in [0.29, 0.717) is 6.04 Å². The van der Waals surface area contributed by atoms with Crippen molar-refractivity contribution < 1.29 is 4.42 Å². The van der Waals surface area contributed by atoms with Crippen LogP contribution in [0.1, 0.15) is 24.2 Å². The maximum absolute atomic E-state index is 5.88. The van der Waals surface area contributed by atoms with E-state index in [-0.39, 0.29) is 0 Å². The fraction of sp³-hybridized carbons (Fsp3) is 0.467. The number of nitrogens with two attached hydrogens (primary N) is 1. The molecule has 3 heteroatoms. The highest BCUT2D eigenvalue weighted by atomic mass is 16.3. The quantitative estimate of drug-likeness (QED) is 0.883. The van der Waals surface area contributed by atoms with Crippen LogP contribution in [0.4, 0.5) is 5.69 Å². The zero-order chi connectivity index (χ0) is 12.7. The second-order valence-electron chi connectivity index (χ2n) is 5.16. The van der Waals surface area contributed by atoms with Gasteiger partial charge in [0.2, 0.25) is 0 Å². The van der Waals surface area contributed by atoms with Gasteiger partial charge in [0.15, 0.2) is 0 Å². The maximum Gasteiger partial charge on any atom is 0.136 e. The summed E-state index contributed by atoms with van der Waals surface area (Å²) < 4.78 is 5.81. The average Bonchev–Trinajstić information content (AvgIpc) is 2.95. The van der Waals surface area contributed by atoms with Crippen LogP contribution >= 0.6 is 0 Å². The van der Waals surface area contributed by atoms with Crippen molar-refractivity contribution in [2.75, 3.05) is 18.0 Å². The van der Waals surface area contributed by atoms with Crippen LogP contribution in [-0.2, 0) is 0 Å². The van der Waals surface area contributed by atoms with Crippen LogP contribution in [0.3, 0.4) is 0 Å². The predicted molar refractivity (Wildman–Crippen MR) is 75.1 cm³/mol. The normalized spacial score (nSPS) is 19.9. The van der Waals surface area contributed by atoms with E-state index in [1.807, 2.05) is 13.0 Å². The molecule has 0 radical (unpaired) electrons. The topological polar surface area (TPSA) is 42.4 Å². The van der Waals surface area contributed by atoms with Crippen molar-refractivity contribution in [2.45, 2.75) is 32.7 Å². The van der Waals surface area contributed by atoms with E-state index in [1.54, 1.807) is 0 Å². The molecule has 1 aliphatic heterocycles. The standard InChI is InChI=1S/C15H20N2O/c1-10-11(2)18-14-7-3-6-13(15(10)14)17-8-4-5-12(17)9-16/h3,6-7,12H,4-5,8-9,16H2,1-2H3. The Kier molecular flexibility index (Phi) is 2.78. The van der Waals surface area contributed by atoms with E-state index in [4.69, 9.17) is 10.2 Å². The molecule has 1 saturated heterocycles. The van der Waals surface area contributed by atoms with Crippen molar-refractivity contribution >= 4 is 16.7 Å². The highest BCUT2D eigenvalue weighted by molar-refractivity contribution is 5.94. The van der Waals surface area contributed by atoms with E-state index in [2.05, 4.69) is 24.0 Å². The Balaban J connectivity index is 2.16. The molecular formula is C15H20N2O. The summed E-state index contributed by atoms with van der Waals surface area (Å²) in [6.07, 6.45) is 2.43. The number of aryl methyl sites for hydroxylation is 2. The fourth-order valence-corrected chi connectivity index (χ4v) is 3.04. The second-order valence-corrected chi connectivity index (χ2v) is 5.16. The van der Waals surface area contributed by atoms with Gasteiger partial charge in [-0.25, -0.2) is 0 Å². The van der Waals surface area contributed by atoms with Crippen LogP contribution in [0, 0.1) is 13.8 Å². The van der Waals surface area contributed by atoms with Gasteiger partial charge in [-0.3, -0.25) is 0 Å². The molecule has 1 aliphatic rings. The van der Waals surface area contributed by atoms with Crippen LogP contribution in [-0.4, -0.2) is 19.1 Å². The van der Waals surface area contributed by atoms with Gasteiger partial charge in [0.1, 0.15) is 11.3 Å². The summed E-state index contributed by atoms with van der Waals surface area (Å²) in [5.74, 6) is 1.01. The van der Waals surface area contributed by atoms with Crippen molar-refractivity contribution in [3.63, 3.8) is 0 Å². The Bertz CT molecular complexity index is 573. The first kappa shape index (κ1) is 11.6. The average molecular weight is 244 g/mol. The monoisotopic (exact) mass is 244 g/mol. The SMILES string of the molecule is Cc1oc2cccc(N3CCCC3CN)c2c1C. The molecule has 3 rings (SSSR count). The van der Waals surface area contributed by atoms with Crippen LogP contribution in [0.2, 0.25) is 0 Å². The first-order valence-corrected chi connectivity index (χ1v) is 6.68. The van der Waals surface area contributed by atoms with E-state index in [9.17, 15) is 0 Å². The Morgan fingerprint density at radius 3 is 3.00 bits per heavy atom. The Labute approximate surface area is 108 Å². The summed E-state index contributed by atoms with van der Waals surface area (Å²) in [5, 5.41) is 1.26. The van der Waals surface area contributed by atoms with E-state index in [0.717, 1.165) is 24.4 Å². The molecule has 1 aromatic carbocycles. The zero-order valence-electron chi connectivity index (χ0n) is 11.1. The van der Waals surface area contributed by atoms with Gasteiger partial charge in [-0.1, -0.05) is 6.07 Å². The largest absolute Gasteiger partial charge is 0.461 e. The third-order valence-corrected chi connectivity index (χ3v) is 4.13. The highest BCUT2D eigenvalue weighted by Crippen LogP contribution is 2.36. The molecule has 0 spiro atoms. The minimum Gasteiger partial charge on any atom is -0.461 e. The molecule has 2 aromatic rings. The minimum absolute atomic E-state index is 0.477. The molecule has 2 N–H and O–H groups in total. The lowest BCUT2D eigenvalue weighted by molar-refractivity contribution is 0.575. The molecule has 2 heterocycles. The summed E-state index contributed by atoms with van der Waals surface area (Å²) in [6.45, 7) is 6.00. The molecule has 1 aromatic heterocycles. The molecule has 96 valence electrons. The predicted octanol–water partition coefficient (Wildman–Crippen LogP) is 2.98. The van der Waals surface area contributed by atoms with Gasteiger partial charge in [-0.2, -0.15) is 0 Å². The van der Waals surface area contributed by atoms with Gasteiger partial charge in [-0.15, -0.1) is 0 Å². The number of nitrogens with zero attached hydrogens (tertiary/aromatic N) is 1. The number of benzene rings is 1. The van der Waals surface area contributed by atoms with Crippen LogP contribution < -0.4 is 10.6 Å². The molecule has 1 unspecified atom stereocenters. The number of furan rings is 1. The molecular weight excluding hydrogens is 224 g/mol. The molecule has 1 atom stereocenters. The summed E-state index contributed by atoms with van der Waals surface area (Å²) in [5.41, 5.74) is 9.41. The van der Waals surface area contributed by atoms with Gasteiger partial charge >= 0.3 is 0 Å². The number of hydrogen-bond donors (Lipinski definition) is 1. The summed E-state index contributed by atoms with van der Waals surface area (Å²) >= 11 is 0. The first-order valence-electron chi connectivity index (χ1n) is 6.68. The molecule has 0 saturated carbocycles. The highest BCUT2D eigenvalue weighted by Gasteiger charge is 2.26. The summed E-state index contributed by atoms with van der Waals surface area (Å²) in [6, 6.07) is 6.79. The maximum atomic E-state index is 5.88. The minimum atomic E-state index is 0.477. The van der Waals surface area contributed by atoms with Gasteiger partial charge in [0.05, 0.1) is 0 Å². The van der Waals surface area contributed by atoms with E-state index < -0.39 is 0 Å². The van der Waals surface area contributed by atoms with Gasteiger partial charge < -0.3 is 15.1 Å². The van der Waals surface area contributed by atoms with Crippen LogP contribution in [0.25, 0.3) is 11.0 Å². The summed E-state index contributed by atoms with van der Waals surface area (Å²) in [7, 11) is 0. The Morgan fingerprint density at radius 2 is 2.22 bits per heavy atom. The summed E-state index contributed by atoms with van der Waals surface area (Å²) in [4.78, 5) is 2.45.